The molecule has 0 bridgehead atoms. The summed E-state index contributed by atoms with van der Waals surface area (Å²) in [5.74, 6) is 5.00. The van der Waals surface area contributed by atoms with Crippen molar-refractivity contribution in [3.05, 3.63) is 103 Å². The minimum atomic E-state index is -0.807. The number of unbranched alkanes of at least 4 members (excludes halogenated alkanes) is 2. The number of nitrogens with one attached hydrogen (secondary N) is 2. The lowest BCUT2D eigenvalue weighted by molar-refractivity contribution is -0.137. The van der Waals surface area contributed by atoms with Gasteiger partial charge < -0.3 is 24.9 Å². The summed E-state index contributed by atoms with van der Waals surface area (Å²) in [6, 6.07) is 30.7. The van der Waals surface area contributed by atoms with Crippen molar-refractivity contribution in [3.8, 4) is 28.3 Å². The van der Waals surface area contributed by atoms with Crippen molar-refractivity contribution in [2.75, 3.05) is 19.0 Å². The molecule has 4 aromatic carbocycles. The Morgan fingerprint density at radius 1 is 0.864 bits per heavy atom. The highest BCUT2D eigenvalue weighted by Crippen LogP contribution is 2.33. The average Bonchev–Trinajstić information content (AvgIpc) is 3.48. The fraction of sp³-hybridized carbons (Fsp3) is 0.206. The summed E-state index contributed by atoms with van der Waals surface area (Å²) in [5.41, 5.74) is 5.85. The third-order valence-electron chi connectivity index (χ3n) is 6.64. The maximum atomic E-state index is 12.4. The first kappa shape index (κ1) is 31.7. The molecule has 0 atom stereocenters. The predicted molar refractivity (Wildman–Crippen MR) is 170 cm³/mol. The van der Waals surface area contributed by atoms with Crippen molar-refractivity contribution in [1.82, 2.24) is 10.3 Å². The van der Waals surface area contributed by atoms with E-state index >= 15 is 0 Å². The van der Waals surface area contributed by atoms with Crippen LogP contribution in [0, 0.1) is 0 Å². The van der Waals surface area contributed by atoms with E-state index in [2.05, 4.69) is 20.5 Å². The van der Waals surface area contributed by atoms with Gasteiger partial charge in [0.15, 0.2) is 5.58 Å². The second kappa shape index (κ2) is 16.4. The lowest BCUT2D eigenvalue weighted by Crippen LogP contribution is -2.29. The summed E-state index contributed by atoms with van der Waals surface area (Å²) in [6.45, 7) is 0.934. The van der Waals surface area contributed by atoms with Crippen LogP contribution in [0.3, 0.4) is 0 Å². The van der Waals surface area contributed by atoms with Crippen LogP contribution in [0.2, 0.25) is 0 Å². The number of urea groups is 1. The molecule has 0 unspecified atom stereocenters. The number of fused-ring (bicyclic) bond motifs is 1. The Kier molecular flexibility index (Phi) is 11.9. The highest BCUT2D eigenvalue weighted by molar-refractivity contribution is 5.92. The number of nitrogens with zero attached hydrogens (tertiary/aromatic N) is 1. The standard InChI is InChI=1S/C27H27N3O5.C7H9NO/c1-34-23-13-12-20(17-21(23)30-27(33)28-15-7-3-6-10-25(31)32)26-29-22-16-19(11-14-24(22)35-26)18-8-4-2-5-9-18;8-9-6-7-4-2-1-3-5-7/h2,4-5,8-9,11-14,16-17H,3,6-7,10,15H2,1H3,(H,31,32)(H2,28,30,33);1-5H,6,8H2. The monoisotopic (exact) mass is 596 g/mol. The molecule has 10 heteroatoms. The van der Waals surface area contributed by atoms with Crippen LogP contribution in [0.25, 0.3) is 33.7 Å². The van der Waals surface area contributed by atoms with Crippen LogP contribution in [-0.4, -0.2) is 35.7 Å². The zero-order chi connectivity index (χ0) is 31.1. The molecule has 5 aromatic rings. The molecular weight excluding hydrogens is 560 g/mol. The van der Waals surface area contributed by atoms with E-state index in [-0.39, 0.29) is 12.5 Å². The first-order valence-electron chi connectivity index (χ1n) is 14.2. The number of rotatable bonds is 12. The lowest BCUT2D eigenvalue weighted by atomic mass is 10.1. The summed E-state index contributed by atoms with van der Waals surface area (Å²) >= 11 is 0. The quantitative estimate of drug-likeness (QED) is 0.0887. The van der Waals surface area contributed by atoms with Gasteiger partial charge in [0.05, 0.1) is 19.4 Å². The maximum absolute atomic E-state index is 12.4. The molecule has 0 spiro atoms. The second-order valence-corrected chi connectivity index (χ2v) is 9.86. The molecule has 44 heavy (non-hydrogen) atoms. The Balaban J connectivity index is 0.000000421. The van der Waals surface area contributed by atoms with Crippen LogP contribution in [-0.2, 0) is 16.2 Å². The minimum Gasteiger partial charge on any atom is -0.495 e. The SMILES string of the molecule is COc1ccc(-c2nc3cc(-c4ccccc4)ccc3o2)cc1NC(=O)NCCCCCC(=O)O.NOCc1ccccc1. The van der Waals surface area contributed by atoms with Crippen molar-refractivity contribution in [1.29, 1.82) is 0 Å². The van der Waals surface area contributed by atoms with Gasteiger partial charge in [-0.3, -0.25) is 9.63 Å². The van der Waals surface area contributed by atoms with Gasteiger partial charge in [0.2, 0.25) is 5.89 Å². The third-order valence-corrected chi connectivity index (χ3v) is 6.64. The molecule has 0 aliphatic carbocycles. The van der Waals surface area contributed by atoms with E-state index in [4.69, 9.17) is 20.2 Å². The van der Waals surface area contributed by atoms with E-state index in [9.17, 15) is 9.59 Å². The molecule has 0 radical (unpaired) electrons. The molecule has 10 nitrogen and oxygen atoms in total. The predicted octanol–water partition coefficient (Wildman–Crippen LogP) is 7.01. The van der Waals surface area contributed by atoms with Crippen LogP contribution < -0.4 is 21.3 Å². The smallest absolute Gasteiger partial charge is 0.319 e. The fourth-order valence-corrected chi connectivity index (χ4v) is 4.42. The number of hydrogen-bond acceptors (Lipinski definition) is 7. The Bertz CT molecular complexity index is 1640. The van der Waals surface area contributed by atoms with Crippen molar-refractivity contribution >= 4 is 28.8 Å². The fourth-order valence-electron chi connectivity index (χ4n) is 4.42. The Morgan fingerprint density at radius 3 is 2.30 bits per heavy atom. The number of methoxy groups -OCH3 is 1. The molecule has 0 saturated heterocycles. The molecule has 1 aromatic heterocycles. The molecular formula is C34H36N4O6. The van der Waals surface area contributed by atoms with Gasteiger partial charge in [-0.25, -0.2) is 15.7 Å². The maximum Gasteiger partial charge on any atom is 0.319 e. The molecule has 0 saturated carbocycles. The van der Waals surface area contributed by atoms with Crippen LogP contribution in [0.5, 0.6) is 5.75 Å². The van der Waals surface area contributed by atoms with Crippen LogP contribution in [0.1, 0.15) is 31.2 Å². The Labute approximate surface area is 255 Å². The molecule has 5 rings (SSSR count). The van der Waals surface area contributed by atoms with Gasteiger partial charge in [-0.1, -0.05) is 73.2 Å². The van der Waals surface area contributed by atoms with Gasteiger partial charge in [0.25, 0.3) is 0 Å². The lowest BCUT2D eigenvalue weighted by Gasteiger charge is -2.12. The third kappa shape index (κ3) is 9.41. The molecule has 228 valence electrons. The van der Waals surface area contributed by atoms with Crippen LogP contribution >= 0.6 is 0 Å². The number of anilines is 1. The van der Waals surface area contributed by atoms with Crippen molar-refractivity contribution in [2.45, 2.75) is 32.3 Å². The first-order chi connectivity index (χ1) is 21.5. The highest BCUT2D eigenvalue weighted by Gasteiger charge is 2.14. The summed E-state index contributed by atoms with van der Waals surface area (Å²) in [6.07, 6.45) is 2.16. The summed E-state index contributed by atoms with van der Waals surface area (Å²) in [7, 11) is 1.53. The summed E-state index contributed by atoms with van der Waals surface area (Å²) < 4.78 is 11.4. The number of nitrogens with two attached hydrogens (primary N) is 1. The molecule has 5 N–H and O–H groups in total. The topological polar surface area (TPSA) is 149 Å². The summed E-state index contributed by atoms with van der Waals surface area (Å²) in [5, 5.41) is 14.3. The number of aromatic nitrogens is 1. The van der Waals surface area contributed by atoms with E-state index in [1.165, 1.54) is 7.11 Å². The molecule has 1 heterocycles. The van der Waals surface area contributed by atoms with Gasteiger partial charge >= 0.3 is 12.0 Å². The van der Waals surface area contributed by atoms with Crippen molar-refractivity contribution in [2.24, 2.45) is 5.90 Å². The van der Waals surface area contributed by atoms with E-state index < -0.39 is 5.97 Å². The number of benzene rings is 4. The van der Waals surface area contributed by atoms with Crippen molar-refractivity contribution < 1.29 is 28.7 Å². The number of carbonyl (C=O) groups excluding carboxylic acids is 1. The number of hydrogen-bond donors (Lipinski definition) is 4. The van der Waals surface area contributed by atoms with E-state index in [0.717, 1.165) is 28.6 Å². The van der Waals surface area contributed by atoms with Gasteiger partial charge in [-0.15, -0.1) is 0 Å². The molecule has 2 amide bonds. The van der Waals surface area contributed by atoms with E-state index in [1.54, 1.807) is 12.1 Å². The average molecular weight is 597 g/mol. The molecule has 0 aliphatic rings. The van der Waals surface area contributed by atoms with Gasteiger partial charge in [-0.05, 0) is 59.9 Å². The number of carboxylic acids is 1. The number of oxazole rings is 1. The zero-order valence-corrected chi connectivity index (χ0v) is 24.5. The van der Waals surface area contributed by atoms with Crippen LogP contribution in [0.15, 0.2) is 101 Å². The van der Waals surface area contributed by atoms with Gasteiger partial charge in [0.1, 0.15) is 11.3 Å². The first-order valence-corrected chi connectivity index (χ1v) is 14.2. The second-order valence-electron chi connectivity index (χ2n) is 9.86. The molecule has 0 fully saturated rings. The van der Waals surface area contributed by atoms with Gasteiger partial charge in [-0.2, -0.15) is 0 Å². The Hall–Kier alpha value is -5.19. The molecule has 0 aliphatic heterocycles. The zero-order valence-electron chi connectivity index (χ0n) is 24.5. The largest absolute Gasteiger partial charge is 0.495 e. The number of ether oxygens (including phenoxy) is 1. The van der Waals surface area contributed by atoms with E-state index in [1.807, 2.05) is 84.9 Å². The van der Waals surface area contributed by atoms with Crippen LogP contribution in [0.4, 0.5) is 10.5 Å². The summed E-state index contributed by atoms with van der Waals surface area (Å²) in [4.78, 5) is 32.0. The number of amides is 2. The number of carbonyl (C=O) groups is 2. The normalized spacial score (nSPS) is 10.5. The Morgan fingerprint density at radius 2 is 1.59 bits per heavy atom. The number of aliphatic carboxylic acids is 1. The highest BCUT2D eigenvalue weighted by atomic mass is 16.6. The van der Waals surface area contributed by atoms with Crippen molar-refractivity contribution in [3.63, 3.8) is 0 Å². The minimum absolute atomic E-state index is 0.138. The number of carboxylic acid groups (broad SMARTS) is 1. The van der Waals surface area contributed by atoms with Gasteiger partial charge in [0, 0.05) is 18.5 Å². The van der Waals surface area contributed by atoms with E-state index in [0.29, 0.717) is 54.5 Å².